The number of aryl methyl sites for hydroxylation is 2. The molecule has 3 aromatic rings. The minimum atomic E-state index is 0.122. The van der Waals surface area contributed by atoms with Crippen molar-refractivity contribution < 1.29 is 9.53 Å². The molecular weight excluding hydrogens is 390 g/mol. The summed E-state index contributed by atoms with van der Waals surface area (Å²) in [6, 6.07) is 12.3. The Hall–Kier alpha value is -2.93. The average Bonchev–Trinajstić information content (AvgIpc) is 3.50. The molecule has 2 atom stereocenters. The molecule has 2 heterocycles. The Kier molecular flexibility index (Phi) is 6.51. The van der Waals surface area contributed by atoms with Gasteiger partial charge < -0.3 is 20.4 Å². The van der Waals surface area contributed by atoms with Gasteiger partial charge in [-0.3, -0.25) is 4.79 Å². The second-order valence-electron chi connectivity index (χ2n) is 8.19. The number of imidazole rings is 1. The number of aromatic nitrogens is 3. The van der Waals surface area contributed by atoms with E-state index in [2.05, 4.69) is 32.0 Å². The van der Waals surface area contributed by atoms with E-state index < -0.39 is 0 Å². The fraction of sp³-hybridized carbons (Fsp3) is 0.458. The third-order valence-corrected chi connectivity index (χ3v) is 5.87. The number of anilines is 1. The first-order valence-corrected chi connectivity index (χ1v) is 11.1. The number of nitrogens with zero attached hydrogens (tertiary/aromatic N) is 3. The lowest BCUT2D eigenvalue weighted by atomic mass is 10.1. The van der Waals surface area contributed by atoms with Gasteiger partial charge in [0.25, 0.3) is 0 Å². The van der Waals surface area contributed by atoms with Crippen LogP contribution >= 0.6 is 0 Å². The zero-order valence-electron chi connectivity index (χ0n) is 18.3. The number of pyridine rings is 1. The number of nitrogens with one attached hydrogen (secondary N) is 1. The van der Waals surface area contributed by atoms with E-state index >= 15 is 0 Å². The first-order valence-electron chi connectivity index (χ1n) is 11.1. The van der Waals surface area contributed by atoms with Crippen LogP contribution < -0.4 is 11.1 Å². The summed E-state index contributed by atoms with van der Waals surface area (Å²) in [5.74, 6) is 1.99. The van der Waals surface area contributed by atoms with Crippen molar-refractivity contribution in [2.24, 2.45) is 5.92 Å². The van der Waals surface area contributed by atoms with Gasteiger partial charge in [-0.2, -0.15) is 0 Å². The number of amides is 1. The Morgan fingerprint density at radius 1 is 1.26 bits per heavy atom. The van der Waals surface area contributed by atoms with Crippen molar-refractivity contribution in [2.45, 2.75) is 52.2 Å². The largest absolute Gasteiger partial charge is 0.382 e. The molecule has 3 N–H and O–H groups in total. The van der Waals surface area contributed by atoms with Crippen LogP contribution in [0.2, 0.25) is 0 Å². The Labute approximate surface area is 183 Å². The van der Waals surface area contributed by atoms with E-state index in [0.29, 0.717) is 31.5 Å². The Bertz CT molecular complexity index is 1050. The average molecular weight is 422 g/mol. The minimum absolute atomic E-state index is 0.122. The van der Waals surface area contributed by atoms with E-state index in [-0.39, 0.29) is 11.8 Å². The van der Waals surface area contributed by atoms with Crippen molar-refractivity contribution in [3.63, 3.8) is 0 Å². The summed E-state index contributed by atoms with van der Waals surface area (Å²) < 4.78 is 7.77. The Morgan fingerprint density at radius 2 is 2.06 bits per heavy atom. The van der Waals surface area contributed by atoms with Crippen LogP contribution in [0.5, 0.6) is 0 Å². The number of unbranched alkanes of at least 4 members (excludes halogenated alkanes) is 1. The highest BCUT2D eigenvalue weighted by molar-refractivity contribution is 5.86. The van der Waals surface area contributed by atoms with E-state index in [1.807, 2.05) is 38.1 Å². The molecule has 164 valence electrons. The van der Waals surface area contributed by atoms with Crippen LogP contribution in [0.3, 0.4) is 0 Å². The highest BCUT2D eigenvalue weighted by Crippen LogP contribution is 2.47. The summed E-state index contributed by atoms with van der Waals surface area (Å²) in [6.45, 7) is 6.47. The van der Waals surface area contributed by atoms with E-state index in [9.17, 15) is 4.79 Å². The van der Waals surface area contributed by atoms with Gasteiger partial charge in [0.15, 0.2) is 5.82 Å². The van der Waals surface area contributed by atoms with Gasteiger partial charge in [-0.05, 0) is 50.7 Å². The Balaban J connectivity index is 1.30. The number of rotatable bonds is 10. The van der Waals surface area contributed by atoms with Crippen molar-refractivity contribution in [2.75, 3.05) is 18.9 Å². The van der Waals surface area contributed by atoms with E-state index in [1.54, 1.807) is 0 Å². The number of carbonyl (C=O) groups excluding carboxylic acids is 1. The van der Waals surface area contributed by atoms with Crippen LogP contribution in [0.25, 0.3) is 11.0 Å². The summed E-state index contributed by atoms with van der Waals surface area (Å²) in [7, 11) is 0. The van der Waals surface area contributed by atoms with Gasteiger partial charge >= 0.3 is 0 Å². The molecule has 1 aromatic carbocycles. The number of benzene rings is 1. The number of hydrogen-bond donors (Lipinski definition) is 2. The SMILES string of the molecule is CCOCc1nc2c(N)nc(C)cc2n1CCCCNC(=O)C1CC1c1ccccc1. The van der Waals surface area contributed by atoms with Crippen molar-refractivity contribution >= 4 is 22.8 Å². The van der Waals surface area contributed by atoms with Crippen molar-refractivity contribution in [1.82, 2.24) is 19.9 Å². The molecule has 1 fully saturated rings. The molecule has 2 unspecified atom stereocenters. The molecule has 2 aromatic heterocycles. The standard InChI is InChI=1S/C24H31N5O2/c1-3-31-15-21-28-22-20(13-16(2)27-23(22)25)29(21)12-8-7-11-26-24(30)19-14-18(19)17-9-5-4-6-10-17/h4-6,9-10,13,18-19H,3,7-8,11-12,14-15H2,1-2H3,(H2,25,27)(H,26,30). The quantitative estimate of drug-likeness (QED) is 0.488. The zero-order valence-corrected chi connectivity index (χ0v) is 18.3. The smallest absolute Gasteiger partial charge is 0.223 e. The monoisotopic (exact) mass is 421 g/mol. The maximum absolute atomic E-state index is 12.4. The van der Waals surface area contributed by atoms with E-state index in [0.717, 1.165) is 48.4 Å². The van der Waals surface area contributed by atoms with Crippen LogP contribution in [0.4, 0.5) is 5.82 Å². The number of fused-ring (bicyclic) bond motifs is 1. The van der Waals surface area contributed by atoms with Crippen molar-refractivity contribution in [3.8, 4) is 0 Å². The summed E-state index contributed by atoms with van der Waals surface area (Å²) in [5.41, 5.74) is 9.95. The number of ether oxygens (including phenoxy) is 1. The second kappa shape index (κ2) is 9.47. The molecule has 1 aliphatic carbocycles. The molecule has 0 saturated heterocycles. The molecule has 1 amide bonds. The second-order valence-corrected chi connectivity index (χ2v) is 8.19. The molecule has 1 aliphatic rings. The summed E-state index contributed by atoms with van der Waals surface area (Å²) in [5, 5.41) is 3.11. The molecule has 31 heavy (non-hydrogen) atoms. The maximum Gasteiger partial charge on any atom is 0.223 e. The fourth-order valence-corrected chi connectivity index (χ4v) is 4.17. The van der Waals surface area contributed by atoms with E-state index in [4.69, 9.17) is 10.5 Å². The Morgan fingerprint density at radius 3 is 2.84 bits per heavy atom. The third-order valence-electron chi connectivity index (χ3n) is 5.87. The van der Waals surface area contributed by atoms with Gasteiger partial charge in [0.05, 0.1) is 5.52 Å². The summed E-state index contributed by atoms with van der Waals surface area (Å²) in [4.78, 5) is 21.4. The maximum atomic E-state index is 12.4. The van der Waals surface area contributed by atoms with Crippen LogP contribution in [-0.2, 0) is 22.7 Å². The van der Waals surface area contributed by atoms with Crippen molar-refractivity contribution in [1.29, 1.82) is 0 Å². The molecule has 1 saturated carbocycles. The topological polar surface area (TPSA) is 95.1 Å². The van der Waals surface area contributed by atoms with Crippen LogP contribution in [0.15, 0.2) is 36.4 Å². The first-order chi connectivity index (χ1) is 15.1. The molecule has 4 rings (SSSR count). The molecular formula is C24H31N5O2. The van der Waals surface area contributed by atoms with E-state index in [1.165, 1.54) is 5.56 Å². The minimum Gasteiger partial charge on any atom is -0.382 e. The predicted molar refractivity (Wildman–Crippen MR) is 122 cm³/mol. The lowest BCUT2D eigenvalue weighted by molar-refractivity contribution is -0.122. The number of carbonyl (C=O) groups is 1. The summed E-state index contributed by atoms with van der Waals surface area (Å²) in [6.07, 6.45) is 2.78. The molecule has 0 aliphatic heterocycles. The number of nitrogen functional groups attached to an aromatic ring is 1. The van der Waals surface area contributed by atoms with Crippen LogP contribution in [-0.4, -0.2) is 33.6 Å². The molecule has 7 heteroatoms. The predicted octanol–water partition coefficient (Wildman–Crippen LogP) is 3.56. The normalized spacial score (nSPS) is 17.7. The lowest BCUT2D eigenvalue weighted by Crippen LogP contribution is -2.26. The zero-order chi connectivity index (χ0) is 21.8. The number of nitrogens with two attached hydrogens (primary N) is 1. The van der Waals surface area contributed by atoms with Crippen LogP contribution in [0, 0.1) is 12.8 Å². The summed E-state index contributed by atoms with van der Waals surface area (Å²) >= 11 is 0. The molecule has 0 spiro atoms. The number of hydrogen-bond acceptors (Lipinski definition) is 5. The third kappa shape index (κ3) is 4.88. The van der Waals surface area contributed by atoms with Gasteiger partial charge in [-0.1, -0.05) is 30.3 Å². The molecule has 0 bridgehead atoms. The van der Waals surface area contributed by atoms with Gasteiger partial charge in [0, 0.05) is 31.3 Å². The lowest BCUT2D eigenvalue weighted by Gasteiger charge is -2.10. The van der Waals surface area contributed by atoms with Gasteiger partial charge in [-0.15, -0.1) is 0 Å². The first kappa shape index (κ1) is 21.3. The molecule has 0 radical (unpaired) electrons. The van der Waals surface area contributed by atoms with Crippen molar-refractivity contribution in [3.05, 3.63) is 53.5 Å². The highest BCUT2D eigenvalue weighted by Gasteiger charge is 2.43. The van der Waals surface area contributed by atoms with Crippen LogP contribution in [0.1, 0.15) is 49.2 Å². The van der Waals surface area contributed by atoms with Gasteiger partial charge in [-0.25, -0.2) is 9.97 Å². The molecule has 7 nitrogen and oxygen atoms in total. The fourth-order valence-electron chi connectivity index (χ4n) is 4.17. The van der Waals surface area contributed by atoms with Gasteiger partial charge in [0.1, 0.15) is 17.9 Å². The van der Waals surface area contributed by atoms with Gasteiger partial charge in [0.2, 0.25) is 5.91 Å². The highest BCUT2D eigenvalue weighted by atomic mass is 16.5.